The Morgan fingerprint density at radius 2 is 2.07 bits per heavy atom. The summed E-state index contributed by atoms with van der Waals surface area (Å²) in [5.41, 5.74) is 2.47. The molecule has 1 aromatic carbocycles. The Bertz CT molecular complexity index is 778. The Morgan fingerprint density at radius 1 is 1.32 bits per heavy atom. The molecule has 1 atom stereocenters. The van der Waals surface area contributed by atoms with Crippen molar-refractivity contribution < 1.29 is 14.0 Å². The fraction of sp³-hybridized carbons (Fsp3) is 0.476. The second-order valence-electron chi connectivity index (χ2n) is 7.48. The molecule has 0 saturated heterocycles. The Morgan fingerprint density at radius 3 is 2.71 bits per heavy atom. The molecule has 1 unspecified atom stereocenters. The van der Waals surface area contributed by atoms with Gasteiger partial charge < -0.3 is 15.5 Å². The van der Waals surface area contributed by atoms with Crippen molar-refractivity contribution in [3.05, 3.63) is 41.3 Å². The predicted molar refractivity (Wildman–Crippen MR) is 105 cm³/mol. The van der Waals surface area contributed by atoms with Gasteiger partial charge >= 0.3 is 6.03 Å². The van der Waals surface area contributed by atoms with Gasteiger partial charge in [-0.3, -0.25) is 4.79 Å². The summed E-state index contributed by atoms with van der Waals surface area (Å²) in [6.45, 7) is 6.18. The fourth-order valence-electron chi connectivity index (χ4n) is 3.24. The molecule has 28 heavy (non-hydrogen) atoms. The number of hydrogen-bond donors (Lipinski definition) is 2. The van der Waals surface area contributed by atoms with Crippen LogP contribution in [-0.4, -0.2) is 36.0 Å². The van der Waals surface area contributed by atoms with Gasteiger partial charge in [0.25, 0.3) is 0 Å². The molecule has 0 saturated carbocycles. The maximum atomic E-state index is 13.7. The highest BCUT2D eigenvalue weighted by atomic mass is 19.1. The zero-order chi connectivity index (χ0) is 20.7. The number of amides is 3. The summed E-state index contributed by atoms with van der Waals surface area (Å²) in [7, 11) is 0. The molecule has 0 spiro atoms. The number of rotatable bonds is 6. The smallest absolute Gasteiger partial charge is 0.322 e. The number of hydrogen-bond acceptors (Lipinski definition) is 3. The molecule has 6 nitrogen and oxygen atoms in total. The molecule has 7 heteroatoms. The van der Waals surface area contributed by atoms with E-state index in [2.05, 4.69) is 10.6 Å². The number of nitriles is 1. The average Bonchev–Trinajstić information content (AvgIpc) is 2.64. The van der Waals surface area contributed by atoms with Gasteiger partial charge in [-0.2, -0.15) is 5.26 Å². The van der Waals surface area contributed by atoms with E-state index in [4.69, 9.17) is 5.26 Å². The number of urea groups is 1. The first-order valence-electron chi connectivity index (χ1n) is 9.50. The third-order valence-corrected chi connectivity index (χ3v) is 4.49. The van der Waals surface area contributed by atoms with Gasteiger partial charge in [0.2, 0.25) is 5.91 Å². The van der Waals surface area contributed by atoms with E-state index in [0.717, 1.165) is 29.5 Å². The standard InChI is InChI=1S/C21H27FN4O2/c1-14(2)9-19(20(27)24-7-6-23)25-21(28)26-8-4-5-16(13-26)17-10-15(3)11-18(22)12-17/h10-14,19H,4-5,7-9H2,1-3H3,(H,24,27)(H,25,28). The maximum Gasteiger partial charge on any atom is 0.322 e. The summed E-state index contributed by atoms with van der Waals surface area (Å²) in [4.78, 5) is 26.5. The van der Waals surface area contributed by atoms with E-state index in [1.54, 1.807) is 6.20 Å². The molecule has 2 N–H and O–H groups in total. The molecule has 1 aliphatic heterocycles. The third kappa shape index (κ3) is 6.08. The predicted octanol–water partition coefficient (Wildman–Crippen LogP) is 3.33. The number of allylic oxidation sites excluding steroid dienone is 1. The molecule has 1 aliphatic rings. The average molecular weight is 386 g/mol. The van der Waals surface area contributed by atoms with E-state index >= 15 is 0 Å². The Labute approximate surface area is 165 Å². The molecule has 3 amide bonds. The zero-order valence-electron chi connectivity index (χ0n) is 16.6. The van der Waals surface area contributed by atoms with E-state index in [1.165, 1.54) is 17.0 Å². The van der Waals surface area contributed by atoms with Crippen molar-refractivity contribution in [1.29, 1.82) is 5.26 Å². The van der Waals surface area contributed by atoms with Crippen molar-refractivity contribution in [2.45, 2.75) is 46.1 Å². The van der Waals surface area contributed by atoms with Crippen LogP contribution in [0.4, 0.5) is 9.18 Å². The normalized spacial score (nSPS) is 14.9. The number of carbonyl (C=O) groups excluding carboxylic acids is 2. The van der Waals surface area contributed by atoms with E-state index in [9.17, 15) is 14.0 Å². The van der Waals surface area contributed by atoms with Crippen LogP contribution < -0.4 is 10.6 Å². The Kier molecular flexibility index (Phi) is 7.56. The van der Waals surface area contributed by atoms with E-state index in [0.29, 0.717) is 13.0 Å². The SMILES string of the molecule is Cc1cc(F)cc(C2=CN(C(=O)NC(CC(C)C)C(=O)NCC#N)CCC2)c1. The van der Waals surface area contributed by atoms with Crippen LogP contribution in [0.25, 0.3) is 5.57 Å². The molecule has 0 aliphatic carbocycles. The van der Waals surface area contributed by atoms with Gasteiger partial charge in [-0.25, -0.2) is 9.18 Å². The molecule has 2 rings (SSSR count). The number of halogens is 1. The third-order valence-electron chi connectivity index (χ3n) is 4.49. The van der Waals surface area contributed by atoms with Crippen molar-refractivity contribution in [2.75, 3.05) is 13.1 Å². The monoisotopic (exact) mass is 386 g/mol. The number of carbonyl (C=O) groups is 2. The summed E-state index contributed by atoms with van der Waals surface area (Å²) in [5.74, 6) is -0.477. The van der Waals surface area contributed by atoms with Gasteiger partial charge in [-0.15, -0.1) is 0 Å². The van der Waals surface area contributed by atoms with Crippen LogP contribution in [0, 0.1) is 30.0 Å². The minimum absolute atomic E-state index is 0.101. The van der Waals surface area contributed by atoms with Crippen LogP contribution in [0.3, 0.4) is 0 Å². The molecule has 0 radical (unpaired) electrons. The van der Waals surface area contributed by atoms with Crippen LogP contribution >= 0.6 is 0 Å². The lowest BCUT2D eigenvalue weighted by atomic mass is 9.98. The second-order valence-corrected chi connectivity index (χ2v) is 7.48. The fourth-order valence-corrected chi connectivity index (χ4v) is 3.24. The van der Waals surface area contributed by atoms with Crippen molar-refractivity contribution in [1.82, 2.24) is 15.5 Å². The lowest BCUT2D eigenvalue weighted by Crippen LogP contribution is -2.51. The highest BCUT2D eigenvalue weighted by Crippen LogP contribution is 2.26. The van der Waals surface area contributed by atoms with E-state index in [1.807, 2.05) is 32.9 Å². The molecule has 0 aromatic heterocycles. The maximum absolute atomic E-state index is 13.7. The first-order chi connectivity index (χ1) is 13.3. The molecule has 0 fully saturated rings. The van der Waals surface area contributed by atoms with Crippen molar-refractivity contribution in [3.8, 4) is 6.07 Å². The van der Waals surface area contributed by atoms with Crippen LogP contribution in [0.1, 0.15) is 44.2 Å². The molecule has 150 valence electrons. The first-order valence-corrected chi connectivity index (χ1v) is 9.50. The van der Waals surface area contributed by atoms with E-state index in [-0.39, 0.29) is 30.2 Å². The van der Waals surface area contributed by atoms with Crippen molar-refractivity contribution >= 4 is 17.5 Å². The number of benzene rings is 1. The second kappa shape index (κ2) is 9.88. The Balaban J connectivity index is 2.14. The van der Waals surface area contributed by atoms with Gasteiger partial charge in [0, 0.05) is 12.7 Å². The molecular weight excluding hydrogens is 359 g/mol. The van der Waals surface area contributed by atoms with Crippen molar-refractivity contribution in [2.24, 2.45) is 5.92 Å². The lowest BCUT2D eigenvalue weighted by molar-refractivity contribution is -0.123. The van der Waals surface area contributed by atoms with Crippen LogP contribution in [0.5, 0.6) is 0 Å². The lowest BCUT2D eigenvalue weighted by Gasteiger charge is -2.28. The summed E-state index contributed by atoms with van der Waals surface area (Å²) in [6, 6.07) is 5.61. The number of aryl methyl sites for hydroxylation is 1. The molecule has 1 aromatic rings. The molecular formula is C21H27FN4O2. The van der Waals surface area contributed by atoms with Gasteiger partial charge in [0.15, 0.2) is 0 Å². The number of nitrogens with one attached hydrogen (secondary N) is 2. The van der Waals surface area contributed by atoms with Gasteiger partial charge in [0.05, 0.1) is 6.07 Å². The van der Waals surface area contributed by atoms with Crippen molar-refractivity contribution in [3.63, 3.8) is 0 Å². The highest BCUT2D eigenvalue weighted by Gasteiger charge is 2.25. The minimum Gasteiger partial charge on any atom is -0.341 e. The number of nitrogens with zero attached hydrogens (tertiary/aromatic N) is 2. The quantitative estimate of drug-likeness (QED) is 0.736. The molecule has 0 bridgehead atoms. The van der Waals surface area contributed by atoms with Gasteiger partial charge in [0.1, 0.15) is 18.4 Å². The molecule has 1 heterocycles. The minimum atomic E-state index is -0.712. The van der Waals surface area contributed by atoms with Crippen LogP contribution in [0.15, 0.2) is 24.4 Å². The van der Waals surface area contributed by atoms with E-state index < -0.39 is 6.04 Å². The summed E-state index contributed by atoms with van der Waals surface area (Å²) >= 11 is 0. The zero-order valence-corrected chi connectivity index (χ0v) is 16.6. The summed E-state index contributed by atoms with van der Waals surface area (Å²) in [6.07, 6.45) is 3.71. The topological polar surface area (TPSA) is 85.2 Å². The van der Waals surface area contributed by atoms with Crippen LogP contribution in [-0.2, 0) is 4.79 Å². The largest absolute Gasteiger partial charge is 0.341 e. The summed E-state index contributed by atoms with van der Waals surface area (Å²) < 4.78 is 13.7. The highest BCUT2D eigenvalue weighted by molar-refractivity contribution is 5.88. The van der Waals surface area contributed by atoms with Crippen LogP contribution in [0.2, 0.25) is 0 Å². The van der Waals surface area contributed by atoms with Gasteiger partial charge in [-0.05, 0) is 60.9 Å². The first kappa shape index (κ1) is 21.4. The van der Waals surface area contributed by atoms with Gasteiger partial charge in [-0.1, -0.05) is 19.9 Å². The summed E-state index contributed by atoms with van der Waals surface area (Å²) in [5, 5.41) is 13.9. The Hall–Kier alpha value is -2.88.